The second kappa shape index (κ2) is 6.09. The smallest absolute Gasteiger partial charge is 0.374 e. The third kappa shape index (κ3) is 2.90. The predicted octanol–water partition coefficient (Wildman–Crippen LogP) is 6.60. The highest BCUT2D eigenvalue weighted by atomic mass is 35.5. The van der Waals surface area contributed by atoms with E-state index in [0.717, 1.165) is 17.7 Å². The summed E-state index contributed by atoms with van der Waals surface area (Å²) >= 11 is 18.9. The van der Waals surface area contributed by atoms with Crippen LogP contribution in [0.2, 0.25) is 15.1 Å². The number of thiophene rings is 1. The van der Waals surface area contributed by atoms with Crippen molar-refractivity contribution in [2.45, 2.75) is 25.1 Å². The van der Waals surface area contributed by atoms with Crippen LogP contribution in [-0.2, 0) is 10.4 Å². The molecule has 2 aromatic rings. The van der Waals surface area contributed by atoms with Gasteiger partial charge in [-0.2, -0.15) is 13.2 Å². The van der Waals surface area contributed by atoms with E-state index in [0.29, 0.717) is 4.88 Å². The molecule has 0 spiro atoms. The first-order valence-electron chi connectivity index (χ1n) is 6.66. The van der Waals surface area contributed by atoms with Gasteiger partial charge in [0.2, 0.25) is 0 Å². The summed E-state index contributed by atoms with van der Waals surface area (Å²) in [6.45, 7) is 1.85. The second-order valence-corrected chi connectivity index (χ2v) is 7.48. The van der Waals surface area contributed by atoms with E-state index in [4.69, 9.17) is 39.6 Å². The van der Waals surface area contributed by atoms with Crippen molar-refractivity contribution in [2.24, 2.45) is 5.16 Å². The minimum absolute atomic E-state index is 0.00701. The molecule has 0 amide bonds. The van der Waals surface area contributed by atoms with E-state index in [2.05, 4.69) is 5.16 Å². The van der Waals surface area contributed by atoms with Gasteiger partial charge in [-0.3, -0.25) is 0 Å². The van der Waals surface area contributed by atoms with E-state index < -0.39 is 18.2 Å². The Morgan fingerprint density at radius 2 is 1.79 bits per heavy atom. The van der Waals surface area contributed by atoms with Crippen molar-refractivity contribution >= 4 is 51.9 Å². The fourth-order valence-corrected chi connectivity index (χ4v) is 3.88. The summed E-state index contributed by atoms with van der Waals surface area (Å²) in [5, 5.41) is 5.36. The number of rotatable bonds is 2. The number of hydrogen-bond acceptors (Lipinski definition) is 3. The lowest BCUT2D eigenvalue weighted by molar-refractivity contribution is -0.275. The van der Waals surface area contributed by atoms with Gasteiger partial charge in [0.1, 0.15) is 5.71 Å². The van der Waals surface area contributed by atoms with E-state index in [-0.39, 0.29) is 26.3 Å². The fraction of sp³-hybridized carbons (Fsp3) is 0.267. The fourth-order valence-electron chi connectivity index (χ4n) is 2.41. The van der Waals surface area contributed by atoms with Gasteiger partial charge in [-0.15, -0.1) is 11.3 Å². The number of aryl methyl sites for hydroxylation is 1. The quantitative estimate of drug-likeness (QED) is 0.507. The lowest BCUT2D eigenvalue weighted by Gasteiger charge is -2.29. The van der Waals surface area contributed by atoms with Gasteiger partial charge in [0.15, 0.2) is 0 Å². The lowest BCUT2D eigenvalue weighted by Crippen LogP contribution is -2.42. The number of halogens is 6. The summed E-state index contributed by atoms with van der Waals surface area (Å²) in [6, 6.07) is 3.99. The zero-order valence-corrected chi connectivity index (χ0v) is 15.1. The molecule has 1 aliphatic heterocycles. The van der Waals surface area contributed by atoms with Crippen LogP contribution in [0.25, 0.3) is 0 Å². The second-order valence-electron chi connectivity index (χ2n) is 5.37. The molecular formula is C15H9Cl3F3NOS. The molecule has 0 radical (unpaired) electrons. The first kappa shape index (κ1) is 17.9. The summed E-state index contributed by atoms with van der Waals surface area (Å²) in [5.41, 5.74) is -1.70. The Hall–Kier alpha value is -0.950. The Morgan fingerprint density at radius 1 is 1.17 bits per heavy atom. The van der Waals surface area contributed by atoms with Crippen LogP contribution in [0.5, 0.6) is 0 Å². The molecule has 0 N–H and O–H groups in total. The highest BCUT2D eigenvalue weighted by Crippen LogP contribution is 2.50. The molecule has 0 bridgehead atoms. The van der Waals surface area contributed by atoms with Crippen LogP contribution in [-0.4, -0.2) is 11.9 Å². The van der Waals surface area contributed by atoms with Gasteiger partial charge < -0.3 is 4.84 Å². The SMILES string of the molecule is Cc1csc(C2=NO[C@@](c3cc(Cl)c(Cl)c(Cl)c3)(C(F)(F)F)C2)c1. The van der Waals surface area contributed by atoms with E-state index in [1.165, 1.54) is 11.3 Å². The van der Waals surface area contributed by atoms with Crippen LogP contribution in [0.4, 0.5) is 13.2 Å². The predicted molar refractivity (Wildman–Crippen MR) is 90.5 cm³/mol. The number of oxime groups is 1. The van der Waals surface area contributed by atoms with Gasteiger partial charge in [0.25, 0.3) is 5.60 Å². The monoisotopic (exact) mass is 413 g/mol. The minimum atomic E-state index is -4.72. The molecule has 1 aliphatic rings. The summed E-state index contributed by atoms with van der Waals surface area (Å²) in [5.74, 6) is 0. The molecule has 0 saturated heterocycles. The van der Waals surface area contributed by atoms with Crippen LogP contribution in [0.1, 0.15) is 22.4 Å². The Bertz CT molecular complexity index is 811. The molecule has 2 nitrogen and oxygen atoms in total. The van der Waals surface area contributed by atoms with Crippen LogP contribution in [0, 0.1) is 6.92 Å². The van der Waals surface area contributed by atoms with Crippen molar-refractivity contribution < 1.29 is 18.0 Å². The highest BCUT2D eigenvalue weighted by Gasteiger charge is 2.62. The van der Waals surface area contributed by atoms with Crippen LogP contribution < -0.4 is 0 Å². The molecule has 1 atom stereocenters. The maximum atomic E-state index is 13.8. The average molecular weight is 415 g/mol. The largest absolute Gasteiger partial charge is 0.435 e. The highest BCUT2D eigenvalue weighted by molar-refractivity contribution is 7.12. The molecule has 9 heteroatoms. The first-order chi connectivity index (χ1) is 11.1. The van der Waals surface area contributed by atoms with Crippen molar-refractivity contribution in [3.63, 3.8) is 0 Å². The van der Waals surface area contributed by atoms with Gasteiger partial charge in [-0.25, -0.2) is 0 Å². The van der Waals surface area contributed by atoms with Gasteiger partial charge >= 0.3 is 6.18 Å². The molecule has 128 valence electrons. The molecule has 24 heavy (non-hydrogen) atoms. The molecule has 1 aromatic carbocycles. The van der Waals surface area contributed by atoms with Crippen molar-refractivity contribution in [3.05, 3.63) is 54.7 Å². The van der Waals surface area contributed by atoms with E-state index in [9.17, 15) is 13.2 Å². The molecule has 1 aromatic heterocycles. The Morgan fingerprint density at radius 3 is 2.29 bits per heavy atom. The minimum Gasteiger partial charge on any atom is -0.374 e. The van der Waals surface area contributed by atoms with Gasteiger partial charge in [0.05, 0.1) is 26.4 Å². The van der Waals surface area contributed by atoms with Gasteiger partial charge in [0, 0.05) is 5.56 Å². The van der Waals surface area contributed by atoms with Gasteiger partial charge in [-0.05, 0) is 36.1 Å². The molecule has 0 unspecified atom stereocenters. The Balaban J connectivity index is 2.07. The van der Waals surface area contributed by atoms with Crippen LogP contribution in [0.15, 0.2) is 28.7 Å². The van der Waals surface area contributed by atoms with Crippen molar-refractivity contribution in [1.82, 2.24) is 0 Å². The van der Waals surface area contributed by atoms with Gasteiger partial charge in [-0.1, -0.05) is 40.0 Å². The molecule has 0 saturated carbocycles. The topological polar surface area (TPSA) is 21.6 Å². The normalized spacial score (nSPS) is 20.9. The number of benzene rings is 1. The van der Waals surface area contributed by atoms with Crippen molar-refractivity contribution in [1.29, 1.82) is 0 Å². The molecule has 0 fully saturated rings. The van der Waals surface area contributed by atoms with E-state index in [1.807, 2.05) is 12.3 Å². The zero-order chi connectivity index (χ0) is 17.7. The summed E-state index contributed by atoms with van der Waals surface area (Å²) in [6.07, 6.45) is -5.18. The van der Waals surface area contributed by atoms with Crippen molar-refractivity contribution in [3.8, 4) is 0 Å². The molecule has 0 aliphatic carbocycles. The Labute approximate surface area is 154 Å². The standard InChI is InChI=1S/C15H9Cl3F3NOS/c1-7-2-12(24-6-7)11-5-14(23-22-11,15(19,20)21)8-3-9(16)13(18)10(17)4-8/h2-4,6H,5H2,1H3/t14-/m0/s1. The van der Waals surface area contributed by atoms with Crippen LogP contribution in [0.3, 0.4) is 0 Å². The number of hydrogen-bond donors (Lipinski definition) is 0. The zero-order valence-electron chi connectivity index (χ0n) is 12.0. The number of alkyl halides is 3. The van der Waals surface area contributed by atoms with Crippen LogP contribution >= 0.6 is 46.1 Å². The molecule has 2 heterocycles. The van der Waals surface area contributed by atoms with Crippen molar-refractivity contribution in [2.75, 3.05) is 0 Å². The maximum absolute atomic E-state index is 13.8. The maximum Gasteiger partial charge on any atom is 0.435 e. The summed E-state index contributed by atoms with van der Waals surface area (Å²) in [4.78, 5) is 5.56. The third-order valence-electron chi connectivity index (χ3n) is 3.65. The molecular weight excluding hydrogens is 406 g/mol. The Kier molecular flexibility index (Phi) is 4.53. The van der Waals surface area contributed by atoms with E-state index in [1.54, 1.807) is 6.07 Å². The van der Waals surface area contributed by atoms with E-state index >= 15 is 0 Å². The first-order valence-corrected chi connectivity index (χ1v) is 8.68. The average Bonchev–Trinajstić information content (AvgIpc) is 3.10. The summed E-state index contributed by atoms with van der Waals surface area (Å²) in [7, 11) is 0. The molecule has 3 rings (SSSR count). The third-order valence-corrected chi connectivity index (χ3v) is 5.94. The lowest BCUT2D eigenvalue weighted by atomic mass is 9.88. The summed E-state index contributed by atoms with van der Waals surface area (Å²) < 4.78 is 41.5. The number of nitrogens with zero attached hydrogens (tertiary/aromatic N) is 1.